The molecule has 0 atom stereocenters. The summed E-state index contributed by atoms with van der Waals surface area (Å²) in [6.07, 6.45) is 2.98. The molecule has 0 unspecified atom stereocenters. The molecule has 0 saturated heterocycles. The molecule has 1 N–H and O–H groups in total. The topological polar surface area (TPSA) is 128 Å². The molecule has 34 heavy (non-hydrogen) atoms. The first kappa shape index (κ1) is 24.6. The zero-order valence-electron chi connectivity index (χ0n) is 18.5. The van der Waals surface area contributed by atoms with Crippen LogP contribution in [-0.4, -0.2) is 48.2 Å². The summed E-state index contributed by atoms with van der Waals surface area (Å²) < 4.78 is 14.9. The van der Waals surface area contributed by atoms with Gasteiger partial charge < -0.3 is 24.2 Å². The fourth-order valence-electron chi connectivity index (χ4n) is 3.61. The van der Waals surface area contributed by atoms with E-state index in [0.717, 1.165) is 11.6 Å². The molecule has 0 aromatic heterocycles. The Hall–Kier alpha value is -4.05. The van der Waals surface area contributed by atoms with Crippen LogP contribution in [0.3, 0.4) is 0 Å². The molecular weight excluding hydrogens is 468 g/mol. The van der Waals surface area contributed by atoms with Crippen molar-refractivity contribution in [1.29, 1.82) is 0 Å². The van der Waals surface area contributed by atoms with Crippen molar-refractivity contribution in [3.05, 3.63) is 86.2 Å². The molecule has 1 heterocycles. The Morgan fingerprint density at radius 1 is 1.06 bits per heavy atom. The van der Waals surface area contributed by atoms with Gasteiger partial charge in [-0.15, -0.1) is 0 Å². The van der Waals surface area contributed by atoms with Gasteiger partial charge in [-0.3, -0.25) is 10.1 Å². The van der Waals surface area contributed by atoms with Crippen LogP contribution in [-0.2, 0) is 25.6 Å². The number of nitrogens with zero attached hydrogens (tertiary/aromatic N) is 2. The molecule has 11 heteroatoms. The predicted molar refractivity (Wildman–Crippen MR) is 121 cm³/mol. The van der Waals surface area contributed by atoms with Crippen LogP contribution < -0.4 is 4.74 Å². The quantitative estimate of drug-likeness (QED) is 0.352. The number of hydrogen-bond donors (Lipinski definition) is 1. The fraction of sp³-hybridized carbons (Fsp3) is 0.217. The van der Waals surface area contributed by atoms with Crippen molar-refractivity contribution in [2.45, 2.75) is 12.5 Å². The number of rotatable bonds is 7. The number of hydrogen-bond acceptors (Lipinski definition) is 9. The van der Waals surface area contributed by atoms with Crippen molar-refractivity contribution < 1.29 is 33.8 Å². The Morgan fingerprint density at radius 2 is 1.62 bits per heavy atom. The van der Waals surface area contributed by atoms with Crippen molar-refractivity contribution >= 4 is 29.2 Å². The number of phenols is 1. The first-order chi connectivity index (χ1) is 16.2. The standard InChI is InChI=1S/C23H21ClN2O8/c1-32-19-9-14(8-18(21(19)27)26(30)31)20-16(22(28)33-2)11-25(12-17(20)23(29)34-3)10-13-4-6-15(24)7-5-13/h4-9,11-12,20,27H,10H2,1-3H3. The van der Waals surface area contributed by atoms with Gasteiger partial charge in [-0.25, -0.2) is 9.59 Å². The zero-order valence-corrected chi connectivity index (χ0v) is 19.2. The third-order valence-electron chi connectivity index (χ3n) is 5.18. The number of nitro groups is 1. The lowest BCUT2D eigenvalue weighted by atomic mass is 9.83. The van der Waals surface area contributed by atoms with Crippen molar-refractivity contribution in [3.63, 3.8) is 0 Å². The van der Waals surface area contributed by atoms with E-state index in [4.69, 9.17) is 25.8 Å². The van der Waals surface area contributed by atoms with E-state index in [1.165, 1.54) is 39.8 Å². The van der Waals surface area contributed by atoms with Crippen molar-refractivity contribution in [1.82, 2.24) is 4.90 Å². The number of methoxy groups -OCH3 is 3. The third-order valence-corrected chi connectivity index (χ3v) is 5.43. The van der Waals surface area contributed by atoms with E-state index in [1.54, 1.807) is 29.2 Å². The predicted octanol–water partition coefficient (Wildman–Crippen LogP) is 3.68. The number of esters is 2. The summed E-state index contributed by atoms with van der Waals surface area (Å²) in [6.45, 7) is 0.282. The minimum absolute atomic E-state index is 0.0291. The Kier molecular flexibility index (Phi) is 7.42. The lowest BCUT2D eigenvalue weighted by molar-refractivity contribution is -0.386. The van der Waals surface area contributed by atoms with Gasteiger partial charge in [-0.1, -0.05) is 23.7 Å². The molecular formula is C23H21ClN2O8. The highest BCUT2D eigenvalue weighted by molar-refractivity contribution is 6.30. The van der Waals surface area contributed by atoms with Gasteiger partial charge in [0, 0.05) is 30.0 Å². The van der Waals surface area contributed by atoms with Crippen LogP contribution in [0.25, 0.3) is 0 Å². The summed E-state index contributed by atoms with van der Waals surface area (Å²) >= 11 is 5.94. The number of halogens is 1. The first-order valence-corrected chi connectivity index (χ1v) is 10.2. The maximum atomic E-state index is 12.8. The molecule has 10 nitrogen and oxygen atoms in total. The monoisotopic (exact) mass is 488 g/mol. The number of benzene rings is 2. The molecule has 0 radical (unpaired) electrons. The molecule has 2 aromatic rings. The minimum atomic E-state index is -1.09. The van der Waals surface area contributed by atoms with Crippen LogP contribution in [0.2, 0.25) is 5.02 Å². The summed E-state index contributed by atoms with van der Waals surface area (Å²) in [5.41, 5.74) is 0.403. The normalized spacial score (nSPS) is 13.6. The van der Waals surface area contributed by atoms with Crippen molar-refractivity contribution in [3.8, 4) is 11.5 Å². The highest BCUT2D eigenvalue weighted by Gasteiger charge is 2.37. The summed E-state index contributed by atoms with van der Waals surface area (Å²) in [5, 5.41) is 22.2. The Bertz CT molecular complexity index is 1160. The van der Waals surface area contributed by atoms with Crippen LogP contribution >= 0.6 is 11.6 Å². The van der Waals surface area contributed by atoms with Gasteiger partial charge in [-0.2, -0.15) is 0 Å². The van der Waals surface area contributed by atoms with Gasteiger partial charge in [0.15, 0.2) is 5.75 Å². The van der Waals surface area contributed by atoms with Gasteiger partial charge in [0.05, 0.1) is 43.3 Å². The minimum Gasteiger partial charge on any atom is -0.500 e. The van der Waals surface area contributed by atoms with Gasteiger partial charge in [0.1, 0.15) is 0 Å². The average molecular weight is 489 g/mol. The molecule has 0 aliphatic carbocycles. The smallest absolute Gasteiger partial charge is 0.336 e. The highest BCUT2D eigenvalue weighted by Crippen LogP contribution is 2.44. The second kappa shape index (κ2) is 10.3. The number of nitro benzene ring substituents is 1. The van der Waals surface area contributed by atoms with E-state index in [-0.39, 0.29) is 29.0 Å². The number of phenolic OH excluding ortho intramolecular Hbond substituents is 1. The maximum Gasteiger partial charge on any atom is 0.336 e. The van der Waals surface area contributed by atoms with Gasteiger partial charge in [0.2, 0.25) is 5.75 Å². The van der Waals surface area contributed by atoms with Gasteiger partial charge in [0.25, 0.3) is 0 Å². The van der Waals surface area contributed by atoms with E-state index >= 15 is 0 Å². The molecule has 0 amide bonds. The molecule has 2 aromatic carbocycles. The van der Waals surface area contributed by atoms with Crippen LogP contribution in [0.15, 0.2) is 59.9 Å². The molecule has 178 valence electrons. The lowest BCUT2D eigenvalue weighted by Crippen LogP contribution is -2.28. The van der Waals surface area contributed by atoms with E-state index in [1.807, 2.05) is 0 Å². The van der Waals surface area contributed by atoms with Crippen molar-refractivity contribution in [2.24, 2.45) is 0 Å². The molecule has 3 rings (SSSR count). The maximum absolute atomic E-state index is 12.8. The van der Waals surface area contributed by atoms with Crippen molar-refractivity contribution in [2.75, 3.05) is 21.3 Å². The summed E-state index contributed by atoms with van der Waals surface area (Å²) in [6, 6.07) is 9.39. The highest BCUT2D eigenvalue weighted by atomic mass is 35.5. The number of carbonyl (C=O) groups excluding carboxylic acids is 2. The SMILES string of the molecule is COC(=O)C1=CN(Cc2ccc(Cl)cc2)C=C(C(=O)OC)C1c1cc(OC)c(O)c([N+](=O)[O-])c1. The van der Waals surface area contributed by atoms with Crippen LogP contribution in [0.1, 0.15) is 17.0 Å². The van der Waals surface area contributed by atoms with E-state index in [2.05, 4.69) is 0 Å². The number of ether oxygens (including phenoxy) is 3. The van der Waals surface area contributed by atoms with Crippen LogP contribution in [0, 0.1) is 10.1 Å². The molecule has 0 saturated carbocycles. The van der Waals surface area contributed by atoms with E-state index < -0.39 is 34.2 Å². The summed E-state index contributed by atoms with van der Waals surface area (Å²) in [4.78, 5) is 37.8. The molecule has 0 spiro atoms. The summed E-state index contributed by atoms with van der Waals surface area (Å²) in [7, 11) is 3.59. The van der Waals surface area contributed by atoms with E-state index in [0.29, 0.717) is 5.02 Å². The molecule has 1 aliphatic rings. The molecule has 0 fully saturated rings. The first-order valence-electron chi connectivity index (χ1n) is 9.85. The largest absolute Gasteiger partial charge is 0.500 e. The second-order valence-electron chi connectivity index (χ2n) is 7.23. The third kappa shape index (κ3) is 4.96. The van der Waals surface area contributed by atoms with E-state index in [9.17, 15) is 24.8 Å². The Morgan fingerprint density at radius 3 is 2.09 bits per heavy atom. The molecule has 1 aliphatic heterocycles. The number of aromatic hydroxyl groups is 1. The lowest BCUT2D eigenvalue weighted by Gasteiger charge is -2.30. The number of carbonyl (C=O) groups is 2. The summed E-state index contributed by atoms with van der Waals surface area (Å²) in [5.74, 6) is -3.47. The van der Waals surface area contributed by atoms with Gasteiger partial charge >= 0.3 is 17.6 Å². The van der Waals surface area contributed by atoms with Crippen LogP contribution in [0.4, 0.5) is 5.69 Å². The fourth-order valence-corrected chi connectivity index (χ4v) is 3.74. The molecule has 0 bridgehead atoms. The second-order valence-corrected chi connectivity index (χ2v) is 7.67. The average Bonchev–Trinajstić information content (AvgIpc) is 2.84. The van der Waals surface area contributed by atoms with Crippen LogP contribution in [0.5, 0.6) is 11.5 Å². The Labute approximate surface area is 199 Å². The Balaban J connectivity index is 2.18. The zero-order chi connectivity index (χ0) is 25.0. The van der Waals surface area contributed by atoms with Gasteiger partial charge in [-0.05, 0) is 29.3 Å².